The number of amides is 1. The molecule has 33 heavy (non-hydrogen) atoms. The normalized spacial score (nSPS) is 15.5. The van der Waals surface area contributed by atoms with Crippen molar-refractivity contribution >= 4 is 29.3 Å². The Labute approximate surface area is 199 Å². The van der Waals surface area contributed by atoms with Crippen molar-refractivity contribution in [1.29, 1.82) is 0 Å². The molecule has 2 heterocycles. The van der Waals surface area contributed by atoms with E-state index in [4.69, 9.17) is 20.8 Å². The summed E-state index contributed by atoms with van der Waals surface area (Å²) in [6.45, 7) is 3.97. The van der Waals surface area contributed by atoms with Crippen LogP contribution in [-0.4, -0.2) is 50.6 Å². The minimum atomic E-state index is -0.164. The van der Waals surface area contributed by atoms with Gasteiger partial charge in [0.05, 0.1) is 19.4 Å². The molecule has 1 saturated heterocycles. The first kappa shape index (κ1) is 23.0. The van der Waals surface area contributed by atoms with E-state index in [9.17, 15) is 4.79 Å². The quantitative estimate of drug-likeness (QED) is 0.491. The summed E-state index contributed by atoms with van der Waals surface area (Å²) in [4.78, 5) is 17.2. The number of ether oxygens (including phenoxy) is 1. The molecular weight excluding hydrogens is 438 g/mol. The van der Waals surface area contributed by atoms with Crippen molar-refractivity contribution in [3.05, 3.63) is 89.3 Å². The lowest BCUT2D eigenvalue weighted by Crippen LogP contribution is -2.49. The summed E-state index contributed by atoms with van der Waals surface area (Å²) >= 11 is 6.16. The minimum Gasteiger partial charge on any atom is -0.497 e. The fourth-order valence-corrected chi connectivity index (χ4v) is 4.21. The molecule has 7 heteroatoms. The van der Waals surface area contributed by atoms with Gasteiger partial charge in [-0.2, -0.15) is 0 Å². The molecule has 1 atom stereocenters. The van der Waals surface area contributed by atoms with Crippen LogP contribution in [0.4, 0.5) is 5.69 Å². The SMILES string of the molecule is COc1ccc(N2CCN(C(CNC(=O)/C=C/c3ccccc3Cl)c3ccco3)CC2)cc1. The highest BCUT2D eigenvalue weighted by atomic mass is 35.5. The first-order valence-electron chi connectivity index (χ1n) is 11.0. The number of benzene rings is 2. The van der Waals surface area contributed by atoms with Gasteiger partial charge in [0, 0.05) is 49.5 Å². The maximum atomic E-state index is 12.5. The van der Waals surface area contributed by atoms with E-state index in [0.29, 0.717) is 11.6 Å². The van der Waals surface area contributed by atoms with Gasteiger partial charge in [-0.05, 0) is 54.1 Å². The zero-order chi connectivity index (χ0) is 23.0. The number of furan rings is 1. The topological polar surface area (TPSA) is 58.0 Å². The molecule has 0 spiro atoms. The Bertz CT molecular complexity index is 1060. The molecule has 1 fully saturated rings. The van der Waals surface area contributed by atoms with Gasteiger partial charge in [-0.1, -0.05) is 29.8 Å². The highest BCUT2D eigenvalue weighted by Gasteiger charge is 2.27. The van der Waals surface area contributed by atoms with Crippen LogP contribution in [-0.2, 0) is 4.79 Å². The number of piperazine rings is 1. The zero-order valence-electron chi connectivity index (χ0n) is 18.6. The number of anilines is 1. The van der Waals surface area contributed by atoms with Gasteiger partial charge in [0.25, 0.3) is 0 Å². The van der Waals surface area contributed by atoms with Gasteiger partial charge >= 0.3 is 0 Å². The van der Waals surface area contributed by atoms with Crippen molar-refractivity contribution in [2.24, 2.45) is 0 Å². The molecule has 1 N–H and O–H groups in total. The molecule has 4 rings (SSSR count). The van der Waals surface area contributed by atoms with Crippen LogP contribution in [0.3, 0.4) is 0 Å². The predicted molar refractivity (Wildman–Crippen MR) is 132 cm³/mol. The Hall–Kier alpha value is -3.22. The van der Waals surface area contributed by atoms with Crippen molar-refractivity contribution in [3.8, 4) is 5.75 Å². The van der Waals surface area contributed by atoms with Crippen molar-refractivity contribution in [2.75, 3.05) is 44.7 Å². The molecule has 1 unspecified atom stereocenters. The highest BCUT2D eigenvalue weighted by Crippen LogP contribution is 2.25. The van der Waals surface area contributed by atoms with E-state index >= 15 is 0 Å². The van der Waals surface area contributed by atoms with Crippen LogP contribution in [0.25, 0.3) is 6.08 Å². The molecule has 2 aromatic carbocycles. The number of methoxy groups -OCH3 is 1. The van der Waals surface area contributed by atoms with Gasteiger partial charge in [0.1, 0.15) is 11.5 Å². The summed E-state index contributed by atoms with van der Waals surface area (Å²) in [6.07, 6.45) is 4.92. The first-order chi connectivity index (χ1) is 16.1. The van der Waals surface area contributed by atoms with Crippen LogP contribution in [0.5, 0.6) is 5.75 Å². The predicted octanol–water partition coefficient (Wildman–Crippen LogP) is 4.63. The van der Waals surface area contributed by atoms with E-state index in [1.54, 1.807) is 25.5 Å². The molecule has 172 valence electrons. The standard InChI is InChI=1S/C26H28ClN3O3/c1-32-22-11-9-21(10-12-22)29-14-16-30(17-15-29)24(25-7-4-18-33-25)19-28-26(31)13-8-20-5-2-3-6-23(20)27/h2-13,18,24H,14-17,19H2,1H3,(H,28,31)/b13-8+. The molecule has 6 nitrogen and oxygen atoms in total. The summed E-state index contributed by atoms with van der Waals surface area (Å²) in [7, 11) is 1.67. The number of carbonyl (C=O) groups excluding carboxylic acids is 1. The van der Waals surface area contributed by atoms with Crippen molar-refractivity contribution < 1.29 is 13.9 Å². The van der Waals surface area contributed by atoms with E-state index in [1.807, 2.05) is 42.5 Å². The average molecular weight is 466 g/mol. The number of rotatable bonds is 8. The molecule has 0 bridgehead atoms. The Morgan fingerprint density at radius 2 is 1.85 bits per heavy atom. The van der Waals surface area contributed by atoms with E-state index in [2.05, 4.69) is 27.2 Å². The van der Waals surface area contributed by atoms with E-state index in [0.717, 1.165) is 43.3 Å². The van der Waals surface area contributed by atoms with Crippen LogP contribution < -0.4 is 15.0 Å². The largest absolute Gasteiger partial charge is 0.497 e. The molecule has 1 aromatic heterocycles. The average Bonchev–Trinajstić information content (AvgIpc) is 3.39. The van der Waals surface area contributed by atoms with Crippen LogP contribution >= 0.6 is 11.6 Å². The molecular formula is C26H28ClN3O3. The summed E-state index contributed by atoms with van der Waals surface area (Å²) in [5.41, 5.74) is 1.99. The number of hydrogen-bond donors (Lipinski definition) is 1. The maximum absolute atomic E-state index is 12.5. The van der Waals surface area contributed by atoms with E-state index in [1.165, 1.54) is 11.8 Å². The zero-order valence-corrected chi connectivity index (χ0v) is 19.4. The minimum absolute atomic E-state index is 0.0318. The third-order valence-electron chi connectivity index (χ3n) is 5.85. The van der Waals surface area contributed by atoms with Gasteiger partial charge in [-0.15, -0.1) is 0 Å². The third kappa shape index (κ3) is 5.97. The summed E-state index contributed by atoms with van der Waals surface area (Å²) in [5.74, 6) is 1.54. The van der Waals surface area contributed by atoms with Crippen molar-refractivity contribution in [3.63, 3.8) is 0 Å². The second-order valence-corrected chi connectivity index (χ2v) is 8.26. The highest BCUT2D eigenvalue weighted by molar-refractivity contribution is 6.32. The summed E-state index contributed by atoms with van der Waals surface area (Å²) in [5, 5.41) is 3.63. The smallest absolute Gasteiger partial charge is 0.244 e. The Morgan fingerprint density at radius 1 is 1.09 bits per heavy atom. The lowest BCUT2D eigenvalue weighted by Gasteiger charge is -2.39. The third-order valence-corrected chi connectivity index (χ3v) is 6.20. The molecule has 1 amide bonds. The Morgan fingerprint density at radius 3 is 2.52 bits per heavy atom. The molecule has 0 aliphatic carbocycles. The van der Waals surface area contributed by atoms with Crippen molar-refractivity contribution in [1.82, 2.24) is 10.2 Å². The fraction of sp³-hybridized carbons (Fsp3) is 0.269. The molecule has 1 aliphatic heterocycles. The van der Waals surface area contributed by atoms with Gasteiger partial charge < -0.3 is 19.4 Å². The van der Waals surface area contributed by atoms with Gasteiger partial charge in [0.15, 0.2) is 0 Å². The van der Waals surface area contributed by atoms with Gasteiger partial charge in [-0.25, -0.2) is 0 Å². The summed E-state index contributed by atoms with van der Waals surface area (Å²) < 4.78 is 11.0. The molecule has 1 aliphatic rings. The van der Waals surface area contributed by atoms with Gasteiger partial charge in [-0.3, -0.25) is 9.69 Å². The molecule has 0 saturated carbocycles. The summed E-state index contributed by atoms with van der Waals surface area (Å²) in [6, 6.07) is 19.4. The molecule has 3 aromatic rings. The Kier molecular flexibility index (Phi) is 7.70. The number of carbonyl (C=O) groups is 1. The first-order valence-corrected chi connectivity index (χ1v) is 11.4. The lowest BCUT2D eigenvalue weighted by molar-refractivity contribution is -0.116. The fourth-order valence-electron chi connectivity index (χ4n) is 4.01. The second-order valence-electron chi connectivity index (χ2n) is 7.85. The number of halogens is 1. The monoisotopic (exact) mass is 465 g/mol. The van der Waals surface area contributed by atoms with Crippen LogP contribution in [0, 0.1) is 0 Å². The number of nitrogens with zero attached hydrogens (tertiary/aromatic N) is 2. The molecule has 0 radical (unpaired) electrons. The van der Waals surface area contributed by atoms with Crippen molar-refractivity contribution in [2.45, 2.75) is 6.04 Å². The number of nitrogens with one attached hydrogen (secondary N) is 1. The second kappa shape index (κ2) is 11.1. The maximum Gasteiger partial charge on any atom is 0.244 e. The van der Waals surface area contributed by atoms with Crippen LogP contribution in [0.1, 0.15) is 17.4 Å². The van der Waals surface area contributed by atoms with Gasteiger partial charge in [0.2, 0.25) is 5.91 Å². The van der Waals surface area contributed by atoms with Crippen LogP contribution in [0.2, 0.25) is 5.02 Å². The van der Waals surface area contributed by atoms with Crippen LogP contribution in [0.15, 0.2) is 77.4 Å². The van der Waals surface area contributed by atoms with E-state index in [-0.39, 0.29) is 11.9 Å². The number of hydrogen-bond acceptors (Lipinski definition) is 5. The Balaban J connectivity index is 1.36. The van der Waals surface area contributed by atoms with E-state index < -0.39 is 0 Å². The lowest BCUT2D eigenvalue weighted by atomic mass is 10.1.